The molecule has 3 rings (SSSR count). The van der Waals surface area contributed by atoms with E-state index in [-0.39, 0.29) is 12.5 Å². The van der Waals surface area contributed by atoms with Crippen LogP contribution in [0.25, 0.3) is 0 Å². The Labute approximate surface area is 151 Å². The number of ether oxygens (including phenoxy) is 1. The monoisotopic (exact) mass is 345 g/mol. The van der Waals surface area contributed by atoms with Crippen LogP contribution in [0.2, 0.25) is 0 Å². The number of benzene rings is 1. The fourth-order valence-corrected chi connectivity index (χ4v) is 3.79. The molecular weight excluding hydrogens is 314 g/mol. The first kappa shape index (κ1) is 18.2. The van der Waals surface area contributed by atoms with Crippen LogP contribution in [0.3, 0.4) is 0 Å². The van der Waals surface area contributed by atoms with Gasteiger partial charge in [-0.1, -0.05) is 26.0 Å². The topological polar surface area (TPSA) is 44.8 Å². The molecule has 2 fully saturated rings. The molecule has 1 atom stereocenters. The largest absolute Gasteiger partial charge is 0.483 e. The van der Waals surface area contributed by atoms with Crippen molar-refractivity contribution >= 4 is 5.91 Å². The Balaban J connectivity index is 1.54. The van der Waals surface area contributed by atoms with Gasteiger partial charge in [0, 0.05) is 45.3 Å². The summed E-state index contributed by atoms with van der Waals surface area (Å²) in [4.78, 5) is 17.1. The molecule has 1 aromatic carbocycles. The summed E-state index contributed by atoms with van der Waals surface area (Å²) in [5.74, 6) is 1.34. The molecule has 5 heteroatoms. The number of piperazine rings is 1. The Morgan fingerprint density at radius 2 is 2.04 bits per heavy atom. The maximum atomic E-state index is 12.6. The lowest BCUT2D eigenvalue weighted by atomic mass is 10.0. The Bertz CT molecular complexity index is 597. The highest BCUT2D eigenvalue weighted by molar-refractivity contribution is 5.78. The minimum Gasteiger partial charge on any atom is -0.483 e. The van der Waals surface area contributed by atoms with E-state index in [2.05, 4.69) is 43.1 Å². The lowest BCUT2D eigenvalue weighted by Crippen LogP contribution is -2.49. The van der Waals surface area contributed by atoms with Crippen molar-refractivity contribution in [3.63, 3.8) is 0 Å². The molecule has 0 bridgehead atoms. The van der Waals surface area contributed by atoms with Gasteiger partial charge in [0.1, 0.15) is 5.75 Å². The van der Waals surface area contributed by atoms with Gasteiger partial charge in [-0.2, -0.15) is 0 Å². The Morgan fingerprint density at radius 3 is 2.76 bits per heavy atom. The van der Waals surface area contributed by atoms with Gasteiger partial charge in [-0.3, -0.25) is 9.69 Å². The Hall–Kier alpha value is -1.59. The van der Waals surface area contributed by atoms with Gasteiger partial charge in [-0.25, -0.2) is 0 Å². The van der Waals surface area contributed by atoms with Gasteiger partial charge >= 0.3 is 0 Å². The van der Waals surface area contributed by atoms with Gasteiger partial charge in [0.05, 0.1) is 0 Å². The smallest absolute Gasteiger partial charge is 0.260 e. The van der Waals surface area contributed by atoms with Crippen molar-refractivity contribution in [3.8, 4) is 5.75 Å². The predicted molar refractivity (Wildman–Crippen MR) is 100 cm³/mol. The maximum Gasteiger partial charge on any atom is 0.260 e. The van der Waals surface area contributed by atoms with Crippen LogP contribution < -0.4 is 10.1 Å². The molecule has 2 aliphatic rings. The molecule has 0 aliphatic carbocycles. The second-order valence-electron chi connectivity index (χ2n) is 7.55. The normalized spacial score (nSPS) is 21.8. The molecule has 0 aromatic heterocycles. The first-order valence-electron chi connectivity index (χ1n) is 9.50. The van der Waals surface area contributed by atoms with Crippen LogP contribution in [0.15, 0.2) is 18.2 Å². The van der Waals surface area contributed by atoms with Gasteiger partial charge in [-0.05, 0) is 36.5 Å². The highest BCUT2D eigenvalue weighted by Crippen LogP contribution is 2.27. The summed E-state index contributed by atoms with van der Waals surface area (Å²) in [6.45, 7) is 12.5. The van der Waals surface area contributed by atoms with E-state index in [0.717, 1.165) is 57.0 Å². The zero-order valence-corrected chi connectivity index (χ0v) is 15.8. The summed E-state index contributed by atoms with van der Waals surface area (Å²) in [5.41, 5.74) is 2.32. The standard InChI is InChI=1S/C20H31N3O2/c1-15(2)18-5-4-16(3)12-19(18)25-14-20(24)23-9-6-17(13-23)22-10-7-21-8-11-22/h4-5,12,15,17,21H,6-11,13-14H2,1-3H3. The molecule has 0 saturated carbocycles. The average molecular weight is 345 g/mol. The van der Waals surface area contributed by atoms with Crippen LogP contribution in [0.5, 0.6) is 5.75 Å². The zero-order chi connectivity index (χ0) is 17.8. The molecule has 138 valence electrons. The van der Waals surface area contributed by atoms with Gasteiger partial charge in [0.2, 0.25) is 0 Å². The molecule has 1 N–H and O–H groups in total. The summed E-state index contributed by atoms with van der Waals surface area (Å²) in [6, 6.07) is 6.76. The van der Waals surface area contributed by atoms with E-state index < -0.39 is 0 Å². The Morgan fingerprint density at radius 1 is 1.28 bits per heavy atom. The highest BCUT2D eigenvalue weighted by atomic mass is 16.5. The van der Waals surface area contributed by atoms with Crippen LogP contribution in [0.1, 0.15) is 37.3 Å². The van der Waals surface area contributed by atoms with Gasteiger partial charge in [-0.15, -0.1) is 0 Å². The van der Waals surface area contributed by atoms with Crippen LogP contribution in [-0.4, -0.2) is 67.6 Å². The molecule has 25 heavy (non-hydrogen) atoms. The second-order valence-corrected chi connectivity index (χ2v) is 7.55. The second kappa shape index (κ2) is 8.19. The van der Waals surface area contributed by atoms with E-state index in [1.165, 1.54) is 5.56 Å². The van der Waals surface area contributed by atoms with Crippen molar-refractivity contribution in [2.45, 2.75) is 39.2 Å². The summed E-state index contributed by atoms with van der Waals surface area (Å²) < 4.78 is 5.92. The van der Waals surface area contributed by atoms with Gasteiger partial charge in [0.25, 0.3) is 5.91 Å². The molecule has 1 unspecified atom stereocenters. The first-order valence-corrected chi connectivity index (χ1v) is 9.50. The molecular formula is C20H31N3O2. The zero-order valence-electron chi connectivity index (χ0n) is 15.8. The van der Waals surface area contributed by atoms with E-state index in [9.17, 15) is 4.79 Å². The summed E-state index contributed by atoms with van der Waals surface area (Å²) >= 11 is 0. The minimum atomic E-state index is 0.105. The highest BCUT2D eigenvalue weighted by Gasteiger charge is 2.31. The quantitative estimate of drug-likeness (QED) is 0.887. The number of carbonyl (C=O) groups excluding carboxylic acids is 1. The third-order valence-corrected chi connectivity index (χ3v) is 5.33. The molecule has 0 spiro atoms. The molecule has 0 radical (unpaired) electrons. The van der Waals surface area contributed by atoms with Crippen molar-refractivity contribution in [2.24, 2.45) is 0 Å². The Kier molecular flexibility index (Phi) is 5.97. The van der Waals surface area contributed by atoms with Crippen LogP contribution in [0.4, 0.5) is 0 Å². The van der Waals surface area contributed by atoms with E-state index in [0.29, 0.717) is 12.0 Å². The number of hydrogen-bond acceptors (Lipinski definition) is 4. The third-order valence-electron chi connectivity index (χ3n) is 5.33. The SMILES string of the molecule is Cc1ccc(C(C)C)c(OCC(=O)N2CCC(N3CCNCC3)C2)c1. The number of likely N-dealkylation sites (tertiary alicyclic amines) is 1. The van der Waals surface area contributed by atoms with E-state index >= 15 is 0 Å². The number of carbonyl (C=O) groups is 1. The molecule has 5 nitrogen and oxygen atoms in total. The molecule has 2 heterocycles. The van der Waals surface area contributed by atoms with Gasteiger partial charge in [0.15, 0.2) is 6.61 Å². The van der Waals surface area contributed by atoms with Crippen molar-refractivity contribution in [1.29, 1.82) is 0 Å². The number of aryl methyl sites for hydroxylation is 1. The predicted octanol–water partition coefficient (Wildman–Crippen LogP) is 2.00. The molecule has 2 aliphatic heterocycles. The van der Waals surface area contributed by atoms with Crippen LogP contribution in [0, 0.1) is 6.92 Å². The molecule has 2 saturated heterocycles. The van der Waals surface area contributed by atoms with E-state index in [1.807, 2.05) is 11.0 Å². The fraction of sp³-hybridized carbons (Fsp3) is 0.650. The lowest BCUT2D eigenvalue weighted by molar-refractivity contribution is -0.132. The lowest BCUT2D eigenvalue weighted by Gasteiger charge is -2.32. The van der Waals surface area contributed by atoms with Crippen molar-refractivity contribution in [1.82, 2.24) is 15.1 Å². The number of amides is 1. The van der Waals surface area contributed by atoms with Crippen molar-refractivity contribution in [2.75, 3.05) is 45.9 Å². The van der Waals surface area contributed by atoms with Crippen LogP contribution in [-0.2, 0) is 4.79 Å². The van der Waals surface area contributed by atoms with Crippen molar-refractivity contribution in [3.05, 3.63) is 29.3 Å². The maximum absolute atomic E-state index is 12.6. The average Bonchev–Trinajstić information content (AvgIpc) is 3.10. The summed E-state index contributed by atoms with van der Waals surface area (Å²) in [5, 5.41) is 3.39. The number of rotatable bonds is 5. The van der Waals surface area contributed by atoms with E-state index in [4.69, 9.17) is 4.74 Å². The summed E-state index contributed by atoms with van der Waals surface area (Å²) in [7, 11) is 0. The van der Waals surface area contributed by atoms with Gasteiger partial charge < -0.3 is 15.0 Å². The first-order chi connectivity index (χ1) is 12.0. The fourth-order valence-electron chi connectivity index (χ4n) is 3.79. The molecule has 1 amide bonds. The third kappa shape index (κ3) is 4.53. The number of nitrogens with one attached hydrogen (secondary N) is 1. The molecule has 1 aromatic rings. The number of nitrogens with zero attached hydrogens (tertiary/aromatic N) is 2. The van der Waals surface area contributed by atoms with Crippen molar-refractivity contribution < 1.29 is 9.53 Å². The van der Waals surface area contributed by atoms with E-state index in [1.54, 1.807) is 0 Å². The summed E-state index contributed by atoms with van der Waals surface area (Å²) in [6.07, 6.45) is 1.08. The minimum absolute atomic E-state index is 0.105. The number of hydrogen-bond donors (Lipinski definition) is 1. The van der Waals surface area contributed by atoms with Crippen LogP contribution >= 0.6 is 0 Å².